The Bertz CT molecular complexity index is 583. The van der Waals surface area contributed by atoms with E-state index in [2.05, 4.69) is 16.2 Å². The van der Waals surface area contributed by atoms with Crippen molar-refractivity contribution in [3.63, 3.8) is 0 Å². The number of hydrazine groups is 1. The van der Waals surface area contributed by atoms with Crippen LogP contribution in [0.15, 0.2) is 41.8 Å². The van der Waals surface area contributed by atoms with E-state index in [1.165, 1.54) is 6.07 Å². The Balaban J connectivity index is 1.91. The monoisotopic (exact) mass is 277 g/mol. The predicted octanol–water partition coefficient (Wildman–Crippen LogP) is 2.59. The van der Waals surface area contributed by atoms with Crippen molar-refractivity contribution in [2.45, 2.75) is 0 Å². The second kappa shape index (κ2) is 5.87. The van der Waals surface area contributed by atoms with Crippen molar-refractivity contribution < 1.29 is 14.7 Å². The van der Waals surface area contributed by atoms with Crippen LogP contribution in [0.2, 0.25) is 0 Å². The average Bonchev–Trinajstić information content (AvgIpc) is 2.86. The normalized spacial score (nSPS) is 9.68. The summed E-state index contributed by atoms with van der Waals surface area (Å²) in [6.07, 6.45) is 0. The maximum Gasteiger partial charge on any atom is 0.348 e. The number of nitrogens with one attached hydrogen (secondary N) is 3. The fraction of sp³-hybridized carbons (Fsp3) is 0. The molecule has 6 nitrogen and oxygen atoms in total. The van der Waals surface area contributed by atoms with Gasteiger partial charge in [0, 0.05) is 0 Å². The third kappa shape index (κ3) is 3.46. The summed E-state index contributed by atoms with van der Waals surface area (Å²) >= 11 is 1.05. The summed E-state index contributed by atoms with van der Waals surface area (Å²) in [6, 6.07) is 10.1. The molecule has 1 aromatic carbocycles. The maximum atomic E-state index is 11.6. The first kappa shape index (κ1) is 12.9. The van der Waals surface area contributed by atoms with E-state index in [1.54, 1.807) is 17.5 Å². The van der Waals surface area contributed by atoms with Crippen molar-refractivity contribution in [2.75, 3.05) is 10.7 Å². The highest BCUT2D eigenvalue weighted by Crippen LogP contribution is 2.21. The van der Waals surface area contributed by atoms with Crippen LogP contribution in [0.5, 0.6) is 0 Å². The molecule has 2 amide bonds. The van der Waals surface area contributed by atoms with Gasteiger partial charge in [0.1, 0.15) is 4.88 Å². The second-order valence-corrected chi connectivity index (χ2v) is 4.45. The SMILES string of the molecule is O=C(NNc1ccccc1)Nc1ccsc1C(=O)O. The largest absolute Gasteiger partial charge is 0.477 e. The molecule has 7 heteroatoms. The number of thiophene rings is 1. The minimum absolute atomic E-state index is 0.0925. The van der Waals surface area contributed by atoms with Gasteiger partial charge in [-0.25, -0.2) is 9.59 Å². The zero-order valence-corrected chi connectivity index (χ0v) is 10.5. The molecule has 0 saturated heterocycles. The molecule has 0 bridgehead atoms. The molecule has 0 atom stereocenters. The molecule has 4 N–H and O–H groups in total. The molecule has 0 unspecified atom stereocenters. The van der Waals surface area contributed by atoms with E-state index in [0.29, 0.717) is 0 Å². The smallest absolute Gasteiger partial charge is 0.348 e. The Morgan fingerprint density at radius 3 is 2.53 bits per heavy atom. The lowest BCUT2D eigenvalue weighted by Crippen LogP contribution is -2.33. The van der Waals surface area contributed by atoms with Crippen LogP contribution in [0.25, 0.3) is 0 Å². The van der Waals surface area contributed by atoms with Gasteiger partial charge in [-0.3, -0.25) is 10.9 Å². The lowest BCUT2D eigenvalue weighted by Gasteiger charge is -2.09. The van der Waals surface area contributed by atoms with E-state index in [0.717, 1.165) is 17.0 Å². The third-order valence-corrected chi connectivity index (χ3v) is 3.10. The van der Waals surface area contributed by atoms with E-state index < -0.39 is 12.0 Å². The number of benzene rings is 1. The number of hydrogen-bond donors (Lipinski definition) is 4. The van der Waals surface area contributed by atoms with E-state index in [-0.39, 0.29) is 10.6 Å². The molecular formula is C12H11N3O3S. The Kier molecular flexibility index (Phi) is 3.99. The summed E-state index contributed by atoms with van der Waals surface area (Å²) < 4.78 is 0. The number of anilines is 2. The molecule has 2 aromatic rings. The summed E-state index contributed by atoms with van der Waals surface area (Å²) in [4.78, 5) is 22.5. The maximum absolute atomic E-state index is 11.6. The topological polar surface area (TPSA) is 90.5 Å². The number of hydrogen-bond acceptors (Lipinski definition) is 4. The molecule has 0 radical (unpaired) electrons. The van der Waals surface area contributed by atoms with Gasteiger partial charge in [0.15, 0.2) is 0 Å². The second-order valence-electron chi connectivity index (χ2n) is 3.54. The fourth-order valence-corrected chi connectivity index (χ4v) is 2.06. The van der Waals surface area contributed by atoms with E-state index in [9.17, 15) is 9.59 Å². The van der Waals surface area contributed by atoms with E-state index >= 15 is 0 Å². The number of amides is 2. The quantitative estimate of drug-likeness (QED) is 0.646. The number of urea groups is 1. The minimum Gasteiger partial charge on any atom is -0.477 e. The van der Waals surface area contributed by atoms with Crippen LogP contribution < -0.4 is 16.2 Å². The van der Waals surface area contributed by atoms with Crippen molar-refractivity contribution in [1.29, 1.82) is 0 Å². The number of carbonyl (C=O) groups excluding carboxylic acids is 1. The average molecular weight is 277 g/mol. The number of rotatable bonds is 4. The summed E-state index contributed by atoms with van der Waals surface area (Å²) in [5.41, 5.74) is 6.11. The first-order valence-corrected chi connectivity index (χ1v) is 6.23. The lowest BCUT2D eigenvalue weighted by atomic mass is 10.3. The number of carboxylic acid groups (broad SMARTS) is 1. The van der Waals surface area contributed by atoms with Gasteiger partial charge in [-0.15, -0.1) is 11.3 Å². The standard InChI is InChI=1S/C12H11N3O3S/c16-11(17)10-9(6-7-19-10)13-12(18)15-14-8-4-2-1-3-5-8/h1-7,14H,(H,16,17)(H2,13,15,18). The number of carbonyl (C=O) groups is 2. The molecular weight excluding hydrogens is 266 g/mol. The third-order valence-electron chi connectivity index (χ3n) is 2.20. The van der Waals surface area contributed by atoms with Gasteiger partial charge in [0.2, 0.25) is 0 Å². The molecule has 19 heavy (non-hydrogen) atoms. The highest BCUT2D eigenvalue weighted by Gasteiger charge is 2.13. The highest BCUT2D eigenvalue weighted by molar-refractivity contribution is 7.12. The van der Waals surface area contributed by atoms with Gasteiger partial charge in [0.05, 0.1) is 11.4 Å². The minimum atomic E-state index is -1.07. The molecule has 98 valence electrons. The van der Waals surface area contributed by atoms with Gasteiger partial charge in [-0.2, -0.15) is 0 Å². The van der Waals surface area contributed by atoms with Crippen LogP contribution in [-0.4, -0.2) is 17.1 Å². The summed E-state index contributed by atoms with van der Waals surface area (Å²) in [5.74, 6) is -1.07. The van der Waals surface area contributed by atoms with Crippen molar-refractivity contribution in [1.82, 2.24) is 5.43 Å². The molecule has 0 aliphatic heterocycles. The van der Waals surface area contributed by atoms with E-state index in [1.807, 2.05) is 18.2 Å². The van der Waals surface area contributed by atoms with Crippen LogP contribution in [-0.2, 0) is 0 Å². The molecule has 1 heterocycles. The Morgan fingerprint density at radius 1 is 1.11 bits per heavy atom. The number of aromatic carboxylic acids is 1. The number of carboxylic acids is 1. The number of para-hydroxylation sites is 1. The van der Waals surface area contributed by atoms with Gasteiger partial charge in [-0.05, 0) is 23.6 Å². The Morgan fingerprint density at radius 2 is 1.84 bits per heavy atom. The molecule has 0 aliphatic rings. The Labute approximate surface area is 113 Å². The van der Waals surface area contributed by atoms with Crippen LogP contribution in [0.1, 0.15) is 9.67 Å². The zero-order chi connectivity index (χ0) is 13.7. The highest BCUT2D eigenvalue weighted by atomic mass is 32.1. The van der Waals surface area contributed by atoms with Gasteiger partial charge < -0.3 is 10.4 Å². The summed E-state index contributed by atoms with van der Waals surface area (Å²) in [7, 11) is 0. The molecule has 0 aliphatic carbocycles. The molecule has 2 rings (SSSR count). The van der Waals surface area contributed by atoms with Crippen LogP contribution >= 0.6 is 11.3 Å². The fourth-order valence-electron chi connectivity index (χ4n) is 1.38. The van der Waals surface area contributed by atoms with Crippen molar-refractivity contribution in [2.24, 2.45) is 0 Å². The first-order valence-electron chi connectivity index (χ1n) is 5.35. The summed E-state index contributed by atoms with van der Waals surface area (Å²) in [5, 5.41) is 13.0. The Hall–Kier alpha value is -2.54. The van der Waals surface area contributed by atoms with Gasteiger partial charge in [-0.1, -0.05) is 18.2 Å². The predicted molar refractivity (Wildman–Crippen MR) is 73.5 cm³/mol. The van der Waals surface area contributed by atoms with Crippen molar-refractivity contribution in [3.05, 3.63) is 46.7 Å². The van der Waals surface area contributed by atoms with E-state index in [4.69, 9.17) is 5.11 Å². The molecule has 1 aromatic heterocycles. The first-order chi connectivity index (χ1) is 9.16. The van der Waals surface area contributed by atoms with Crippen LogP contribution in [0.3, 0.4) is 0 Å². The molecule has 0 fully saturated rings. The molecule has 0 saturated carbocycles. The zero-order valence-electron chi connectivity index (χ0n) is 9.71. The van der Waals surface area contributed by atoms with Crippen molar-refractivity contribution in [3.8, 4) is 0 Å². The molecule has 0 spiro atoms. The van der Waals surface area contributed by atoms with Crippen LogP contribution in [0, 0.1) is 0 Å². The van der Waals surface area contributed by atoms with Crippen LogP contribution in [0.4, 0.5) is 16.2 Å². The van der Waals surface area contributed by atoms with Gasteiger partial charge in [0.25, 0.3) is 0 Å². The van der Waals surface area contributed by atoms with Gasteiger partial charge >= 0.3 is 12.0 Å². The lowest BCUT2D eigenvalue weighted by molar-refractivity contribution is 0.0703. The summed E-state index contributed by atoms with van der Waals surface area (Å²) in [6.45, 7) is 0. The van der Waals surface area contributed by atoms with Crippen molar-refractivity contribution >= 4 is 34.7 Å².